The molecule has 4 nitrogen and oxygen atoms in total. The molecule has 5 heteroatoms. The van der Waals surface area contributed by atoms with Crippen LogP contribution in [0.1, 0.15) is 0 Å². The largest absolute Gasteiger partial charge is 0.505 e. The van der Waals surface area contributed by atoms with E-state index in [4.69, 9.17) is 5.11 Å². The van der Waals surface area contributed by atoms with Crippen LogP contribution in [0, 0.1) is 5.82 Å². The van der Waals surface area contributed by atoms with E-state index in [1.165, 1.54) is 0 Å². The van der Waals surface area contributed by atoms with Gasteiger partial charge in [0.2, 0.25) is 5.88 Å². The average Bonchev–Trinajstić information content (AvgIpc) is 2.09. The van der Waals surface area contributed by atoms with Crippen LogP contribution in [0.4, 0.5) is 4.39 Å². The van der Waals surface area contributed by atoms with Gasteiger partial charge in [0.15, 0.2) is 11.6 Å². The minimum Gasteiger partial charge on any atom is -0.505 e. The Kier molecular flexibility index (Phi) is 1.51. The van der Waals surface area contributed by atoms with Gasteiger partial charge in [0.25, 0.3) is 0 Å². The van der Waals surface area contributed by atoms with Gasteiger partial charge in [-0.05, 0) is 6.07 Å². The van der Waals surface area contributed by atoms with Gasteiger partial charge < -0.3 is 10.2 Å². The molecule has 0 aliphatic rings. The summed E-state index contributed by atoms with van der Waals surface area (Å²) in [5, 5.41) is 18.4. The van der Waals surface area contributed by atoms with Crippen molar-refractivity contribution in [2.75, 3.05) is 0 Å². The maximum Gasteiger partial charge on any atom is 0.222 e. The van der Waals surface area contributed by atoms with E-state index in [-0.39, 0.29) is 16.8 Å². The zero-order chi connectivity index (χ0) is 9.42. The highest BCUT2D eigenvalue weighted by Gasteiger charge is 2.07. The lowest BCUT2D eigenvalue weighted by molar-refractivity contribution is 0.431. The van der Waals surface area contributed by atoms with Gasteiger partial charge in [-0.3, -0.25) is 0 Å². The predicted octanol–water partition coefficient (Wildman–Crippen LogP) is 1.18. The predicted molar refractivity (Wildman–Crippen MR) is 42.8 cm³/mol. The molecular weight excluding hydrogens is 175 g/mol. The molecule has 0 saturated carbocycles. The van der Waals surface area contributed by atoms with Crippen LogP contribution < -0.4 is 0 Å². The fourth-order valence-corrected chi connectivity index (χ4v) is 1.05. The van der Waals surface area contributed by atoms with Crippen molar-refractivity contribution in [1.29, 1.82) is 0 Å². The number of hydrogen-bond donors (Lipinski definition) is 2. The zero-order valence-electron chi connectivity index (χ0n) is 6.40. The second-order valence-electron chi connectivity index (χ2n) is 2.52. The van der Waals surface area contributed by atoms with Crippen molar-refractivity contribution >= 4 is 10.9 Å². The number of benzene rings is 1. The van der Waals surface area contributed by atoms with Gasteiger partial charge in [0, 0.05) is 6.07 Å². The quantitative estimate of drug-likeness (QED) is 0.638. The third-order valence-electron chi connectivity index (χ3n) is 1.68. The summed E-state index contributed by atoms with van der Waals surface area (Å²) < 4.78 is 12.8. The van der Waals surface area contributed by atoms with Crippen LogP contribution in [-0.2, 0) is 0 Å². The monoisotopic (exact) mass is 180 g/mol. The van der Waals surface area contributed by atoms with Gasteiger partial charge in [0.05, 0.1) is 10.9 Å². The Morgan fingerprint density at radius 2 is 1.92 bits per heavy atom. The SMILES string of the molecule is Oc1cc2c(O)ncnc2cc1F. The van der Waals surface area contributed by atoms with E-state index in [1.807, 2.05) is 0 Å². The first-order valence-electron chi connectivity index (χ1n) is 3.50. The Morgan fingerprint density at radius 1 is 1.15 bits per heavy atom. The van der Waals surface area contributed by atoms with E-state index in [0.717, 1.165) is 18.5 Å². The molecule has 66 valence electrons. The van der Waals surface area contributed by atoms with E-state index in [2.05, 4.69) is 9.97 Å². The van der Waals surface area contributed by atoms with Crippen LogP contribution in [0.15, 0.2) is 18.5 Å². The molecule has 0 aliphatic heterocycles. The van der Waals surface area contributed by atoms with Crippen molar-refractivity contribution < 1.29 is 14.6 Å². The molecule has 0 fully saturated rings. The van der Waals surface area contributed by atoms with Gasteiger partial charge in [0.1, 0.15) is 6.33 Å². The van der Waals surface area contributed by atoms with E-state index in [1.54, 1.807) is 0 Å². The normalized spacial score (nSPS) is 10.5. The highest BCUT2D eigenvalue weighted by molar-refractivity contribution is 5.84. The molecule has 0 amide bonds. The molecule has 0 radical (unpaired) electrons. The lowest BCUT2D eigenvalue weighted by Gasteiger charge is -2.00. The van der Waals surface area contributed by atoms with Crippen LogP contribution in [0.25, 0.3) is 10.9 Å². The van der Waals surface area contributed by atoms with E-state index in [0.29, 0.717) is 0 Å². The summed E-state index contributed by atoms with van der Waals surface area (Å²) in [5.74, 6) is -1.58. The lowest BCUT2D eigenvalue weighted by atomic mass is 10.2. The van der Waals surface area contributed by atoms with E-state index >= 15 is 0 Å². The van der Waals surface area contributed by atoms with Crippen LogP contribution in [0.5, 0.6) is 11.6 Å². The number of hydrogen-bond acceptors (Lipinski definition) is 4. The second-order valence-corrected chi connectivity index (χ2v) is 2.52. The Morgan fingerprint density at radius 3 is 2.69 bits per heavy atom. The fourth-order valence-electron chi connectivity index (χ4n) is 1.05. The number of fused-ring (bicyclic) bond motifs is 1. The molecule has 2 N–H and O–H groups in total. The van der Waals surface area contributed by atoms with Gasteiger partial charge in [-0.15, -0.1) is 0 Å². The molecule has 0 bridgehead atoms. The van der Waals surface area contributed by atoms with Crippen LogP contribution in [-0.4, -0.2) is 20.2 Å². The zero-order valence-corrected chi connectivity index (χ0v) is 6.40. The van der Waals surface area contributed by atoms with Gasteiger partial charge in [-0.1, -0.05) is 0 Å². The minimum atomic E-state index is -0.773. The van der Waals surface area contributed by atoms with Gasteiger partial charge in [-0.2, -0.15) is 0 Å². The van der Waals surface area contributed by atoms with E-state index < -0.39 is 11.6 Å². The summed E-state index contributed by atoms with van der Waals surface area (Å²) in [6, 6.07) is 2.12. The molecule has 0 atom stereocenters. The first kappa shape index (κ1) is 7.72. The number of halogens is 1. The smallest absolute Gasteiger partial charge is 0.222 e. The van der Waals surface area contributed by atoms with Crippen molar-refractivity contribution in [3.63, 3.8) is 0 Å². The third-order valence-corrected chi connectivity index (χ3v) is 1.68. The van der Waals surface area contributed by atoms with E-state index in [9.17, 15) is 9.50 Å². The molecular formula is C8H5FN2O2. The van der Waals surface area contributed by atoms with Crippen molar-refractivity contribution in [3.8, 4) is 11.6 Å². The fraction of sp³-hybridized carbons (Fsp3) is 0. The highest BCUT2D eigenvalue weighted by Crippen LogP contribution is 2.26. The summed E-state index contributed by atoms with van der Waals surface area (Å²) >= 11 is 0. The third kappa shape index (κ3) is 1.14. The van der Waals surface area contributed by atoms with Gasteiger partial charge in [-0.25, -0.2) is 14.4 Å². The molecule has 0 aliphatic carbocycles. The maximum atomic E-state index is 12.8. The Bertz CT molecular complexity index is 473. The number of aromatic nitrogens is 2. The van der Waals surface area contributed by atoms with Crippen molar-refractivity contribution in [2.24, 2.45) is 0 Å². The standard InChI is InChI=1S/C8H5FN2O2/c9-5-2-6-4(1-7(5)12)8(13)11-3-10-6/h1-3,12H,(H,10,11,13). The lowest BCUT2D eigenvalue weighted by Crippen LogP contribution is -1.85. The number of aromatic hydroxyl groups is 2. The average molecular weight is 180 g/mol. The van der Waals surface area contributed by atoms with Crippen LogP contribution in [0.3, 0.4) is 0 Å². The molecule has 1 heterocycles. The highest BCUT2D eigenvalue weighted by atomic mass is 19.1. The number of phenolic OH excluding ortho intramolecular Hbond substituents is 1. The molecule has 0 saturated heterocycles. The Balaban J connectivity index is 2.89. The molecule has 1 aromatic heterocycles. The topological polar surface area (TPSA) is 66.2 Å². The summed E-state index contributed by atoms with van der Waals surface area (Å²) in [7, 11) is 0. The maximum absolute atomic E-state index is 12.8. The second kappa shape index (κ2) is 2.55. The van der Waals surface area contributed by atoms with Crippen molar-refractivity contribution in [2.45, 2.75) is 0 Å². The number of phenols is 1. The summed E-state index contributed by atoms with van der Waals surface area (Å²) in [6.07, 6.45) is 1.12. The molecule has 0 spiro atoms. The van der Waals surface area contributed by atoms with Gasteiger partial charge >= 0.3 is 0 Å². The summed E-state index contributed by atoms with van der Waals surface area (Å²) in [6.45, 7) is 0. The molecule has 13 heavy (non-hydrogen) atoms. The Hall–Kier alpha value is -1.91. The molecule has 2 rings (SSSR count). The van der Waals surface area contributed by atoms with Crippen molar-refractivity contribution in [1.82, 2.24) is 9.97 Å². The molecule has 2 aromatic rings. The first-order valence-corrected chi connectivity index (χ1v) is 3.50. The van der Waals surface area contributed by atoms with Crippen molar-refractivity contribution in [3.05, 3.63) is 24.3 Å². The minimum absolute atomic E-state index is 0.224. The number of rotatable bonds is 0. The molecule has 0 unspecified atom stereocenters. The first-order chi connectivity index (χ1) is 6.18. The van der Waals surface area contributed by atoms with Crippen LogP contribution >= 0.6 is 0 Å². The van der Waals surface area contributed by atoms with Crippen LogP contribution in [0.2, 0.25) is 0 Å². The summed E-state index contributed by atoms with van der Waals surface area (Å²) in [5.41, 5.74) is 0.253. The summed E-state index contributed by atoms with van der Waals surface area (Å²) in [4.78, 5) is 7.21. The Labute approximate surface area is 72.3 Å². The molecule has 1 aromatic carbocycles. The number of nitrogens with zero attached hydrogens (tertiary/aromatic N) is 2.